The third-order valence-electron chi connectivity index (χ3n) is 2.65. The number of anilines is 2. The summed E-state index contributed by atoms with van der Waals surface area (Å²) in [6.45, 7) is 0. The number of benzene rings is 1. The zero-order valence-electron chi connectivity index (χ0n) is 10.6. The SMILES string of the molecule is COc1cccc(N(C)c2ccc(C(=O)O)nn2)c1. The van der Waals surface area contributed by atoms with Crippen LogP contribution in [0.5, 0.6) is 5.75 Å². The van der Waals surface area contributed by atoms with Crippen molar-refractivity contribution in [3.05, 3.63) is 42.1 Å². The first kappa shape index (κ1) is 12.8. The summed E-state index contributed by atoms with van der Waals surface area (Å²) in [5, 5.41) is 16.3. The van der Waals surface area contributed by atoms with E-state index in [1.165, 1.54) is 6.07 Å². The van der Waals surface area contributed by atoms with E-state index in [4.69, 9.17) is 9.84 Å². The highest BCUT2D eigenvalue weighted by Crippen LogP contribution is 2.24. The van der Waals surface area contributed by atoms with Gasteiger partial charge in [0, 0.05) is 18.8 Å². The number of hydrogen-bond donors (Lipinski definition) is 1. The minimum absolute atomic E-state index is 0.0807. The number of carboxylic acids is 1. The number of carboxylic acid groups (broad SMARTS) is 1. The number of rotatable bonds is 4. The third kappa shape index (κ3) is 2.79. The molecule has 0 aliphatic heterocycles. The van der Waals surface area contributed by atoms with Gasteiger partial charge in [-0.1, -0.05) is 6.07 Å². The lowest BCUT2D eigenvalue weighted by Crippen LogP contribution is -2.13. The molecule has 0 radical (unpaired) electrons. The maximum absolute atomic E-state index is 10.7. The number of carbonyl (C=O) groups is 1. The number of methoxy groups -OCH3 is 1. The maximum Gasteiger partial charge on any atom is 0.356 e. The molecule has 1 aromatic heterocycles. The number of nitrogens with zero attached hydrogens (tertiary/aromatic N) is 3. The molecule has 0 spiro atoms. The van der Waals surface area contributed by atoms with Gasteiger partial charge in [0.05, 0.1) is 7.11 Å². The van der Waals surface area contributed by atoms with E-state index in [0.29, 0.717) is 5.82 Å². The molecular formula is C13H13N3O3. The Morgan fingerprint density at radius 2 is 2.05 bits per heavy atom. The summed E-state index contributed by atoms with van der Waals surface area (Å²) in [4.78, 5) is 12.5. The van der Waals surface area contributed by atoms with E-state index in [0.717, 1.165) is 11.4 Å². The van der Waals surface area contributed by atoms with Gasteiger partial charge >= 0.3 is 5.97 Å². The van der Waals surface area contributed by atoms with Crippen molar-refractivity contribution >= 4 is 17.5 Å². The normalized spacial score (nSPS) is 10.0. The fourth-order valence-electron chi connectivity index (χ4n) is 1.57. The number of hydrogen-bond acceptors (Lipinski definition) is 5. The summed E-state index contributed by atoms with van der Waals surface area (Å²) in [5.41, 5.74) is 0.791. The summed E-state index contributed by atoms with van der Waals surface area (Å²) in [6, 6.07) is 10.5. The number of ether oxygens (including phenoxy) is 1. The highest BCUT2D eigenvalue weighted by molar-refractivity contribution is 5.85. The Hall–Kier alpha value is -2.63. The Kier molecular flexibility index (Phi) is 3.61. The molecule has 19 heavy (non-hydrogen) atoms. The van der Waals surface area contributed by atoms with Gasteiger partial charge in [0.2, 0.25) is 0 Å². The summed E-state index contributed by atoms with van der Waals surface area (Å²) in [5.74, 6) is 0.195. The van der Waals surface area contributed by atoms with Crippen LogP contribution >= 0.6 is 0 Å². The van der Waals surface area contributed by atoms with Gasteiger partial charge in [-0.15, -0.1) is 10.2 Å². The summed E-state index contributed by atoms with van der Waals surface area (Å²) < 4.78 is 5.15. The molecule has 0 unspecified atom stereocenters. The first-order chi connectivity index (χ1) is 9.11. The third-order valence-corrected chi connectivity index (χ3v) is 2.65. The second-order valence-electron chi connectivity index (χ2n) is 3.84. The molecule has 0 aliphatic carbocycles. The Morgan fingerprint density at radius 3 is 2.63 bits per heavy atom. The van der Waals surface area contributed by atoms with Gasteiger partial charge in [-0.25, -0.2) is 4.79 Å². The van der Waals surface area contributed by atoms with Crippen molar-refractivity contribution < 1.29 is 14.6 Å². The molecule has 6 nitrogen and oxygen atoms in total. The lowest BCUT2D eigenvalue weighted by molar-refractivity contribution is 0.0689. The van der Waals surface area contributed by atoms with E-state index in [1.807, 2.05) is 31.3 Å². The molecule has 0 aliphatic rings. The molecule has 1 aromatic carbocycles. The van der Waals surface area contributed by atoms with Crippen molar-refractivity contribution in [2.45, 2.75) is 0 Å². The molecule has 1 heterocycles. The largest absolute Gasteiger partial charge is 0.497 e. The van der Waals surface area contributed by atoms with E-state index in [2.05, 4.69) is 10.2 Å². The van der Waals surface area contributed by atoms with E-state index in [-0.39, 0.29) is 5.69 Å². The fraction of sp³-hybridized carbons (Fsp3) is 0.154. The van der Waals surface area contributed by atoms with Crippen molar-refractivity contribution in [2.75, 3.05) is 19.1 Å². The van der Waals surface area contributed by atoms with Crippen LogP contribution < -0.4 is 9.64 Å². The second-order valence-corrected chi connectivity index (χ2v) is 3.84. The molecule has 1 N–H and O–H groups in total. The Morgan fingerprint density at radius 1 is 1.26 bits per heavy atom. The molecule has 0 saturated carbocycles. The van der Waals surface area contributed by atoms with Crippen LogP contribution in [0, 0.1) is 0 Å². The molecule has 0 fully saturated rings. The zero-order chi connectivity index (χ0) is 13.8. The van der Waals surface area contributed by atoms with Crippen LogP contribution in [0.1, 0.15) is 10.5 Å². The highest BCUT2D eigenvalue weighted by Gasteiger charge is 2.09. The van der Waals surface area contributed by atoms with Crippen LogP contribution in [0.3, 0.4) is 0 Å². The van der Waals surface area contributed by atoms with Crippen molar-refractivity contribution in [3.8, 4) is 5.75 Å². The van der Waals surface area contributed by atoms with Gasteiger partial charge in [-0.3, -0.25) is 0 Å². The predicted octanol–water partition coefficient (Wildman–Crippen LogP) is 1.95. The summed E-state index contributed by atoms with van der Waals surface area (Å²) >= 11 is 0. The number of aromatic nitrogens is 2. The first-order valence-corrected chi connectivity index (χ1v) is 5.56. The predicted molar refractivity (Wildman–Crippen MR) is 70.0 cm³/mol. The average Bonchev–Trinajstić information content (AvgIpc) is 2.46. The molecular weight excluding hydrogens is 246 g/mol. The zero-order valence-corrected chi connectivity index (χ0v) is 10.6. The summed E-state index contributed by atoms with van der Waals surface area (Å²) in [6.07, 6.45) is 0. The number of aromatic carboxylic acids is 1. The van der Waals surface area contributed by atoms with Crippen LogP contribution in [0.15, 0.2) is 36.4 Å². The van der Waals surface area contributed by atoms with Crippen molar-refractivity contribution in [2.24, 2.45) is 0 Å². The van der Waals surface area contributed by atoms with Crippen molar-refractivity contribution in [1.82, 2.24) is 10.2 Å². The van der Waals surface area contributed by atoms with E-state index in [9.17, 15) is 4.79 Å². The Balaban J connectivity index is 2.27. The fourth-order valence-corrected chi connectivity index (χ4v) is 1.57. The Bertz CT molecular complexity index is 584. The van der Waals surface area contributed by atoms with E-state index in [1.54, 1.807) is 18.1 Å². The van der Waals surface area contributed by atoms with Crippen molar-refractivity contribution in [3.63, 3.8) is 0 Å². The van der Waals surface area contributed by atoms with E-state index >= 15 is 0 Å². The molecule has 0 amide bonds. The monoisotopic (exact) mass is 259 g/mol. The lowest BCUT2D eigenvalue weighted by Gasteiger charge is -2.18. The molecule has 0 atom stereocenters. The van der Waals surface area contributed by atoms with Crippen molar-refractivity contribution in [1.29, 1.82) is 0 Å². The van der Waals surface area contributed by atoms with Crippen LogP contribution in [-0.2, 0) is 0 Å². The van der Waals surface area contributed by atoms with Gasteiger partial charge < -0.3 is 14.7 Å². The van der Waals surface area contributed by atoms with Gasteiger partial charge in [0.1, 0.15) is 5.75 Å². The first-order valence-electron chi connectivity index (χ1n) is 5.56. The minimum atomic E-state index is -1.09. The van der Waals surface area contributed by atoms with E-state index < -0.39 is 5.97 Å². The topological polar surface area (TPSA) is 75.5 Å². The smallest absolute Gasteiger partial charge is 0.356 e. The van der Waals surface area contributed by atoms with Gasteiger partial charge in [0.25, 0.3) is 0 Å². The standard InChI is InChI=1S/C13H13N3O3/c1-16(9-4-3-5-10(8-9)19-2)12-7-6-11(13(17)18)14-15-12/h3-8H,1-2H3,(H,17,18). The highest BCUT2D eigenvalue weighted by atomic mass is 16.5. The lowest BCUT2D eigenvalue weighted by atomic mass is 10.2. The van der Waals surface area contributed by atoms with Crippen LogP contribution in [0.25, 0.3) is 0 Å². The van der Waals surface area contributed by atoms with Crippen LogP contribution in [0.4, 0.5) is 11.5 Å². The van der Waals surface area contributed by atoms with Gasteiger partial charge in [0.15, 0.2) is 11.5 Å². The molecule has 2 rings (SSSR count). The van der Waals surface area contributed by atoms with Crippen LogP contribution in [0.2, 0.25) is 0 Å². The van der Waals surface area contributed by atoms with Crippen LogP contribution in [-0.4, -0.2) is 35.4 Å². The van der Waals surface area contributed by atoms with Gasteiger partial charge in [-0.05, 0) is 24.3 Å². The molecule has 0 bridgehead atoms. The molecule has 0 saturated heterocycles. The minimum Gasteiger partial charge on any atom is -0.497 e. The maximum atomic E-state index is 10.7. The Labute approximate surface area is 110 Å². The average molecular weight is 259 g/mol. The molecule has 6 heteroatoms. The summed E-state index contributed by atoms with van der Waals surface area (Å²) in [7, 11) is 3.42. The molecule has 2 aromatic rings. The quantitative estimate of drug-likeness (QED) is 0.904. The second kappa shape index (κ2) is 5.34. The molecule has 98 valence electrons. The van der Waals surface area contributed by atoms with Gasteiger partial charge in [-0.2, -0.15) is 0 Å².